The molecule has 2 aromatic carbocycles. The minimum atomic E-state index is -0.227. The third-order valence-corrected chi connectivity index (χ3v) is 8.01. The van der Waals surface area contributed by atoms with Crippen molar-refractivity contribution in [1.82, 2.24) is 20.2 Å². The standard InChI is InChI=1S/C29H36N4O2/c1-21(34)7-3-2-4-10-25(32-28(35)29-13-16-33(17-14-29)18-15-29)27-30-20-26(31-27)24-12-11-22-8-5-6-9-23(22)19-24/h5-6,8-9,11-12,19-20,25H,2-4,7,10,13-18H2,1H3,(H,30,31)(H,32,35)/t25-/m0/s1. The van der Waals surface area contributed by atoms with Crippen molar-refractivity contribution in [3.05, 3.63) is 54.5 Å². The Hall–Kier alpha value is -2.99. The molecule has 2 bridgehead atoms. The molecule has 2 N–H and O–H groups in total. The Morgan fingerprint density at radius 3 is 2.51 bits per heavy atom. The first-order valence-electron chi connectivity index (χ1n) is 13.1. The smallest absolute Gasteiger partial charge is 0.226 e. The number of carbonyl (C=O) groups excluding carboxylic acids is 2. The summed E-state index contributed by atoms with van der Waals surface area (Å²) in [6, 6.07) is 14.6. The van der Waals surface area contributed by atoms with Crippen molar-refractivity contribution < 1.29 is 9.59 Å². The molecular weight excluding hydrogens is 436 g/mol. The number of nitrogens with zero attached hydrogens (tertiary/aromatic N) is 2. The number of imidazole rings is 1. The monoisotopic (exact) mass is 472 g/mol. The minimum absolute atomic E-state index is 0.150. The van der Waals surface area contributed by atoms with Crippen molar-refractivity contribution in [1.29, 1.82) is 0 Å². The molecule has 0 spiro atoms. The van der Waals surface area contributed by atoms with Gasteiger partial charge in [-0.2, -0.15) is 0 Å². The van der Waals surface area contributed by atoms with Crippen LogP contribution in [0, 0.1) is 5.41 Å². The Kier molecular flexibility index (Phi) is 7.00. The van der Waals surface area contributed by atoms with Crippen molar-refractivity contribution in [2.75, 3.05) is 19.6 Å². The number of fused-ring (bicyclic) bond motifs is 4. The van der Waals surface area contributed by atoms with Crippen molar-refractivity contribution >= 4 is 22.5 Å². The van der Waals surface area contributed by atoms with Gasteiger partial charge in [-0.3, -0.25) is 4.79 Å². The topological polar surface area (TPSA) is 78.1 Å². The van der Waals surface area contributed by atoms with Crippen LogP contribution in [0.5, 0.6) is 0 Å². The van der Waals surface area contributed by atoms with Crippen molar-refractivity contribution in [2.45, 2.75) is 64.3 Å². The van der Waals surface area contributed by atoms with Crippen LogP contribution in [-0.4, -0.2) is 46.2 Å². The second-order valence-corrected chi connectivity index (χ2v) is 10.4. The van der Waals surface area contributed by atoms with E-state index in [1.165, 1.54) is 10.8 Å². The number of piperidine rings is 3. The Morgan fingerprint density at radius 1 is 1.03 bits per heavy atom. The summed E-state index contributed by atoms with van der Waals surface area (Å²) in [4.78, 5) is 35.5. The van der Waals surface area contributed by atoms with E-state index < -0.39 is 0 Å². The van der Waals surface area contributed by atoms with Crippen LogP contribution in [0.3, 0.4) is 0 Å². The van der Waals surface area contributed by atoms with Gasteiger partial charge in [-0.15, -0.1) is 0 Å². The normalized spacial score (nSPS) is 22.3. The van der Waals surface area contributed by atoms with Crippen LogP contribution in [0.15, 0.2) is 48.7 Å². The van der Waals surface area contributed by atoms with Gasteiger partial charge in [0.1, 0.15) is 11.6 Å². The Morgan fingerprint density at radius 2 is 1.77 bits per heavy atom. The van der Waals surface area contributed by atoms with E-state index in [1.54, 1.807) is 6.92 Å². The number of rotatable bonds is 10. The highest BCUT2D eigenvalue weighted by molar-refractivity contribution is 5.87. The van der Waals surface area contributed by atoms with Crippen LogP contribution in [0.1, 0.15) is 70.2 Å². The first-order chi connectivity index (χ1) is 17.0. The number of carbonyl (C=O) groups is 2. The van der Waals surface area contributed by atoms with E-state index in [4.69, 9.17) is 4.98 Å². The molecule has 4 heterocycles. The summed E-state index contributed by atoms with van der Waals surface area (Å²) < 4.78 is 0. The highest BCUT2D eigenvalue weighted by Gasteiger charge is 2.45. The van der Waals surface area contributed by atoms with E-state index in [0.29, 0.717) is 6.42 Å². The lowest BCUT2D eigenvalue weighted by Gasteiger charge is -2.47. The lowest BCUT2D eigenvalue weighted by molar-refractivity contribution is -0.139. The molecule has 0 unspecified atom stereocenters. The average molecular weight is 473 g/mol. The molecule has 3 aromatic rings. The number of hydrogen-bond acceptors (Lipinski definition) is 4. The summed E-state index contributed by atoms with van der Waals surface area (Å²) in [6.07, 6.45) is 9.00. The van der Waals surface area contributed by atoms with Gasteiger partial charge in [0.2, 0.25) is 5.91 Å². The average Bonchev–Trinajstić information content (AvgIpc) is 3.38. The molecular formula is C29H36N4O2. The molecule has 184 valence electrons. The van der Waals surface area contributed by atoms with Crippen molar-refractivity contribution in [3.63, 3.8) is 0 Å². The molecule has 0 aliphatic carbocycles. The van der Waals surface area contributed by atoms with Gasteiger partial charge in [-0.05, 0) is 75.5 Å². The highest BCUT2D eigenvalue weighted by Crippen LogP contribution is 2.41. The summed E-state index contributed by atoms with van der Waals surface area (Å²) in [6.45, 7) is 4.72. The third kappa shape index (κ3) is 5.32. The molecule has 1 aromatic heterocycles. The molecule has 3 aliphatic heterocycles. The zero-order chi connectivity index (χ0) is 24.3. The van der Waals surface area contributed by atoms with Gasteiger partial charge in [0.25, 0.3) is 0 Å². The number of benzene rings is 2. The summed E-state index contributed by atoms with van der Waals surface area (Å²) >= 11 is 0. The third-order valence-electron chi connectivity index (χ3n) is 8.01. The van der Waals surface area contributed by atoms with Gasteiger partial charge in [0.05, 0.1) is 23.3 Å². The van der Waals surface area contributed by atoms with Gasteiger partial charge in [0, 0.05) is 12.0 Å². The second kappa shape index (κ2) is 10.3. The van der Waals surface area contributed by atoms with Gasteiger partial charge in [-0.25, -0.2) is 4.98 Å². The van der Waals surface area contributed by atoms with E-state index in [0.717, 1.165) is 81.7 Å². The number of aromatic amines is 1. The second-order valence-electron chi connectivity index (χ2n) is 10.4. The fraction of sp³-hybridized carbons (Fsp3) is 0.483. The highest BCUT2D eigenvalue weighted by atomic mass is 16.2. The number of nitrogens with one attached hydrogen (secondary N) is 2. The number of H-pyrrole nitrogens is 1. The fourth-order valence-electron chi connectivity index (χ4n) is 5.67. The van der Waals surface area contributed by atoms with Crippen molar-refractivity contribution in [3.8, 4) is 11.3 Å². The largest absolute Gasteiger partial charge is 0.346 e. The minimum Gasteiger partial charge on any atom is -0.346 e. The lowest BCUT2D eigenvalue weighted by atomic mass is 9.71. The molecule has 3 fully saturated rings. The molecule has 3 aliphatic rings. The first-order valence-corrected chi connectivity index (χ1v) is 13.1. The van der Waals surface area contributed by atoms with E-state index >= 15 is 0 Å². The summed E-state index contributed by atoms with van der Waals surface area (Å²) in [5, 5.41) is 5.80. The van der Waals surface area contributed by atoms with Gasteiger partial charge in [-0.1, -0.05) is 49.2 Å². The summed E-state index contributed by atoms with van der Waals surface area (Å²) in [5.74, 6) is 1.25. The van der Waals surface area contributed by atoms with E-state index in [2.05, 4.69) is 57.7 Å². The zero-order valence-corrected chi connectivity index (χ0v) is 20.7. The zero-order valence-electron chi connectivity index (χ0n) is 20.7. The van der Waals surface area contributed by atoms with Gasteiger partial charge >= 0.3 is 0 Å². The summed E-state index contributed by atoms with van der Waals surface area (Å²) in [5.41, 5.74) is 1.83. The molecule has 0 saturated carbocycles. The van der Waals surface area contributed by atoms with E-state index in [9.17, 15) is 9.59 Å². The number of amides is 1. The fourth-order valence-corrected chi connectivity index (χ4v) is 5.67. The molecule has 6 nitrogen and oxygen atoms in total. The van der Waals surface area contributed by atoms with Crippen LogP contribution < -0.4 is 5.32 Å². The lowest BCUT2D eigenvalue weighted by Crippen LogP contribution is -2.55. The van der Waals surface area contributed by atoms with Crippen molar-refractivity contribution in [2.24, 2.45) is 5.41 Å². The predicted octanol–water partition coefficient (Wildman–Crippen LogP) is 5.41. The van der Waals surface area contributed by atoms with Crippen LogP contribution >= 0.6 is 0 Å². The Labute approximate surface area is 207 Å². The molecule has 6 rings (SSSR count). The van der Waals surface area contributed by atoms with Crippen LogP contribution in [0.25, 0.3) is 22.0 Å². The van der Waals surface area contributed by atoms with E-state index in [1.807, 2.05) is 6.20 Å². The maximum absolute atomic E-state index is 13.5. The molecule has 0 radical (unpaired) electrons. The molecule has 6 heteroatoms. The van der Waals surface area contributed by atoms with Crippen LogP contribution in [0.4, 0.5) is 0 Å². The molecule has 3 saturated heterocycles. The van der Waals surface area contributed by atoms with E-state index in [-0.39, 0.29) is 23.1 Å². The van der Waals surface area contributed by atoms with Crippen LogP contribution in [0.2, 0.25) is 0 Å². The number of aromatic nitrogens is 2. The maximum Gasteiger partial charge on any atom is 0.226 e. The molecule has 1 atom stereocenters. The Bertz CT molecular complexity index is 1180. The quantitative estimate of drug-likeness (QED) is 0.387. The molecule has 35 heavy (non-hydrogen) atoms. The number of Topliss-reactive ketones (excluding diaryl/α,β-unsaturated/α-hetero) is 1. The van der Waals surface area contributed by atoms with Gasteiger partial charge in [0.15, 0.2) is 0 Å². The maximum atomic E-state index is 13.5. The van der Waals surface area contributed by atoms with Gasteiger partial charge < -0.3 is 20.0 Å². The molecule has 1 amide bonds. The van der Waals surface area contributed by atoms with Crippen LogP contribution in [-0.2, 0) is 9.59 Å². The number of unbranched alkanes of at least 4 members (excludes halogenated alkanes) is 2. The predicted molar refractivity (Wildman–Crippen MR) is 139 cm³/mol. The number of hydrogen-bond donors (Lipinski definition) is 2. The number of ketones is 1. The SMILES string of the molecule is CC(=O)CCCCC[C@H](NC(=O)C12CCN(CC1)CC2)c1ncc(-c2ccc3ccccc3c2)[nH]1. The Balaban J connectivity index is 1.33. The first kappa shape index (κ1) is 23.7. The summed E-state index contributed by atoms with van der Waals surface area (Å²) in [7, 11) is 0.